The van der Waals surface area contributed by atoms with Crippen LogP contribution >= 0.6 is 11.3 Å². The lowest BCUT2D eigenvalue weighted by atomic mass is 9.39. The van der Waals surface area contributed by atoms with Gasteiger partial charge in [-0.2, -0.15) is 13.5 Å². The van der Waals surface area contributed by atoms with E-state index in [0.29, 0.717) is 65.7 Å². The smallest absolute Gasteiger partial charge is 0.410 e. The number of amides is 10. The Labute approximate surface area is 627 Å². The summed E-state index contributed by atoms with van der Waals surface area (Å²) in [6.45, 7) is 9.94. The Hall–Kier alpha value is -10.2. The first-order chi connectivity index (χ1) is 51.3. The van der Waals surface area contributed by atoms with Gasteiger partial charge in [-0.1, -0.05) is 75.4 Å². The average Bonchev–Trinajstić information content (AvgIpc) is 0.835. The first-order valence-electron chi connectivity index (χ1n) is 36.0. The summed E-state index contributed by atoms with van der Waals surface area (Å²) in [5.41, 5.74) is 9.63. The van der Waals surface area contributed by atoms with Crippen LogP contribution in [0.3, 0.4) is 0 Å². The van der Waals surface area contributed by atoms with Crippen molar-refractivity contribution in [2.45, 2.75) is 148 Å². The van der Waals surface area contributed by atoms with Gasteiger partial charge in [0.2, 0.25) is 23.6 Å². The molecular formula is C75H90N14O17S2. The lowest BCUT2D eigenvalue weighted by Crippen LogP contribution is -2.64. The molecule has 13 rings (SSSR count). The SMILES string of the molecule is COC[C@@H]1C[C@H](N2C(=O)C=CC2=O)C(=O)N1CC(=O)N[C@H](C(=O)N[C@@H](CCCNC(N)=O)C(=O)Nc1ccc(COC(=O)N(CCOC23CC4(C)CC(C)(CC(Cn5ncc(-c6ccc(N7CCc8cccc(C(=O)Nc9nc%10ccccc%10s9)c8C7)nc6C(=O)O)c5C)(C4)C2)C3)CCS(=O)(=O)O)cc1)C(C)C. The lowest BCUT2D eigenvalue weighted by molar-refractivity contribution is -0.248. The molecule has 7 aliphatic rings. The van der Waals surface area contributed by atoms with Crippen molar-refractivity contribution in [1.29, 1.82) is 0 Å². The van der Waals surface area contributed by atoms with E-state index in [1.165, 1.54) is 40.4 Å². The molecule has 6 heterocycles. The Kier molecular flexibility index (Phi) is 22.6. The maximum atomic E-state index is 14.0. The molecular weight excluding hydrogens is 1430 g/mol. The van der Waals surface area contributed by atoms with Gasteiger partial charge in [0, 0.05) is 93.0 Å². The molecule has 1 saturated heterocycles. The number of aromatic nitrogens is 4. The molecule has 574 valence electrons. The maximum absolute atomic E-state index is 14.0. The van der Waals surface area contributed by atoms with Crippen LogP contribution in [0, 0.1) is 29.1 Å². The summed E-state index contributed by atoms with van der Waals surface area (Å²) in [4.78, 5) is 147. The van der Waals surface area contributed by atoms with E-state index in [1.807, 2.05) is 59.0 Å². The van der Waals surface area contributed by atoms with Crippen LogP contribution in [0.1, 0.15) is 129 Å². The molecule has 9 N–H and O–H groups in total. The third-order valence-electron chi connectivity index (χ3n) is 21.4. The highest BCUT2D eigenvalue weighted by molar-refractivity contribution is 7.85. The summed E-state index contributed by atoms with van der Waals surface area (Å²) in [5, 5.41) is 29.8. The molecule has 6 atom stereocenters. The third-order valence-corrected chi connectivity index (χ3v) is 23.1. The predicted octanol–water partition coefficient (Wildman–Crippen LogP) is 6.59. The Morgan fingerprint density at radius 2 is 1.57 bits per heavy atom. The van der Waals surface area contributed by atoms with Crippen molar-refractivity contribution in [3.63, 3.8) is 0 Å². The van der Waals surface area contributed by atoms with Gasteiger partial charge in [0.15, 0.2) is 10.8 Å². The number of hydrogen-bond donors (Lipinski definition) is 8. The fourth-order valence-electron chi connectivity index (χ4n) is 17.8. The van der Waals surface area contributed by atoms with Crippen LogP contribution < -0.4 is 37.2 Å². The number of carbonyl (C=O) groups is 10. The van der Waals surface area contributed by atoms with E-state index >= 15 is 0 Å². The Balaban J connectivity index is 0.663. The van der Waals surface area contributed by atoms with E-state index in [2.05, 4.69) is 45.4 Å². The predicted molar refractivity (Wildman–Crippen MR) is 396 cm³/mol. The highest BCUT2D eigenvalue weighted by Crippen LogP contribution is 2.72. The van der Waals surface area contributed by atoms with Crippen LogP contribution in [0.15, 0.2) is 97.2 Å². The summed E-state index contributed by atoms with van der Waals surface area (Å²) >= 11 is 1.39. The molecule has 6 aromatic rings. The number of rotatable bonds is 31. The lowest BCUT2D eigenvalue weighted by Gasteiger charge is -2.69. The second kappa shape index (κ2) is 31.5. The number of benzene rings is 3. The summed E-state index contributed by atoms with van der Waals surface area (Å²) < 4.78 is 55.1. The zero-order valence-corrected chi connectivity index (χ0v) is 62.6. The molecule has 33 heteroatoms. The number of fused-ring (bicyclic) bond motifs is 2. The first kappa shape index (κ1) is 77.4. The number of para-hydroxylation sites is 1. The number of nitrogens with zero attached hydrogens (tertiary/aromatic N) is 8. The minimum atomic E-state index is -4.54. The zero-order chi connectivity index (χ0) is 77.2. The summed E-state index contributed by atoms with van der Waals surface area (Å²) in [5.74, 6) is -6.47. The van der Waals surface area contributed by atoms with Crippen LogP contribution in [0.25, 0.3) is 21.3 Å². The molecule has 5 fully saturated rings. The first-order valence-corrected chi connectivity index (χ1v) is 38.4. The van der Waals surface area contributed by atoms with Gasteiger partial charge in [-0.15, -0.1) is 0 Å². The molecule has 2 unspecified atom stereocenters. The highest BCUT2D eigenvalue weighted by atomic mass is 32.2. The number of urea groups is 1. The quantitative estimate of drug-likeness (QED) is 0.0129. The van der Waals surface area contributed by atoms with Crippen molar-refractivity contribution in [3.05, 3.63) is 131 Å². The number of likely N-dealkylation sites (tertiary alicyclic amines) is 1. The molecule has 4 saturated carbocycles. The average molecular weight is 1520 g/mol. The molecule has 4 bridgehead atoms. The van der Waals surface area contributed by atoms with E-state index in [-0.39, 0.29) is 85.7 Å². The largest absolute Gasteiger partial charge is 0.476 e. The summed E-state index contributed by atoms with van der Waals surface area (Å²) in [7, 11) is -3.14. The molecule has 4 aliphatic carbocycles. The van der Waals surface area contributed by atoms with Gasteiger partial charge in [-0.05, 0) is 146 Å². The number of carboxylic acids is 1. The van der Waals surface area contributed by atoms with Gasteiger partial charge in [-0.25, -0.2) is 24.4 Å². The van der Waals surface area contributed by atoms with Crippen molar-refractivity contribution in [3.8, 4) is 11.1 Å². The number of methoxy groups -OCH3 is 1. The molecule has 0 radical (unpaired) electrons. The molecule has 3 aromatic carbocycles. The molecule has 3 aromatic heterocycles. The summed E-state index contributed by atoms with van der Waals surface area (Å²) in [6.07, 6.45) is 8.63. The van der Waals surface area contributed by atoms with E-state index in [1.54, 1.807) is 44.3 Å². The van der Waals surface area contributed by atoms with Gasteiger partial charge in [0.25, 0.3) is 27.8 Å². The van der Waals surface area contributed by atoms with E-state index in [9.17, 15) is 66.0 Å². The number of hydrogen-bond acceptors (Lipinski definition) is 20. The van der Waals surface area contributed by atoms with Crippen LogP contribution in [0.4, 0.5) is 26.2 Å². The number of aromatic carboxylic acids is 1. The number of imide groups is 1. The number of carboxylic acid groups (broad SMARTS) is 1. The van der Waals surface area contributed by atoms with Gasteiger partial charge < -0.3 is 61.0 Å². The zero-order valence-electron chi connectivity index (χ0n) is 61.0. The van der Waals surface area contributed by atoms with Crippen LogP contribution in [0.5, 0.6) is 0 Å². The number of anilines is 3. The van der Waals surface area contributed by atoms with Crippen molar-refractivity contribution < 1.29 is 80.2 Å². The highest BCUT2D eigenvalue weighted by Gasteiger charge is 2.66. The number of nitrogens with one attached hydrogen (secondary N) is 5. The monoisotopic (exact) mass is 1520 g/mol. The van der Waals surface area contributed by atoms with E-state index < -0.39 is 118 Å². The van der Waals surface area contributed by atoms with Gasteiger partial charge in [-0.3, -0.25) is 53.0 Å². The second-order valence-electron chi connectivity index (χ2n) is 30.4. The minimum Gasteiger partial charge on any atom is -0.476 e. The van der Waals surface area contributed by atoms with Gasteiger partial charge >= 0.3 is 18.1 Å². The fourth-order valence-corrected chi connectivity index (χ4v) is 19.1. The van der Waals surface area contributed by atoms with Crippen molar-refractivity contribution >= 4 is 108 Å². The van der Waals surface area contributed by atoms with Crippen LogP contribution in [-0.4, -0.2) is 201 Å². The number of pyridine rings is 1. The molecule has 3 aliphatic heterocycles. The van der Waals surface area contributed by atoms with Gasteiger partial charge in [0.05, 0.1) is 53.6 Å². The Bertz CT molecular complexity index is 4610. The number of thiazole rings is 1. The van der Waals surface area contributed by atoms with Gasteiger partial charge in [0.1, 0.15) is 30.6 Å². The van der Waals surface area contributed by atoms with E-state index in [4.69, 9.17) is 30.0 Å². The number of nitrogens with two attached hydrogens (primary N) is 1. The van der Waals surface area contributed by atoms with Crippen molar-refractivity contribution in [1.82, 2.24) is 50.4 Å². The number of ether oxygens (including phenoxy) is 3. The van der Waals surface area contributed by atoms with Crippen molar-refractivity contribution in [2.24, 2.45) is 27.9 Å². The number of primary amides is 1. The molecule has 10 amide bonds. The Morgan fingerprint density at radius 3 is 2.26 bits per heavy atom. The van der Waals surface area contributed by atoms with E-state index in [0.717, 1.165) is 76.2 Å². The molecule has 31 nitrogen and oxygen atoms in total. The van der Waals surface area contributed by atoms with Crippen LogP contribution in [0.2, 0.25) is 0 Å². The standard InChI is InChI=1S/C75H90N14O17S2/c1-44(2)62(83-59(90)34-87-49(36-104-6)31-56(67(87)96)89-60(91)22-23-61(89)92)66(95)80-55(14-10-25-77-69(76)99)65(94)79-48-18-16-46(17-19-48)35-105-71(100)85(28-30-108(101,102)103)27-29-106-75-40-72(4)37-73(5,41-75)39-74(38-72,42-75)43-88-45(3)52(32-78-88)50-20-21-58(82-63(50)68(97)98)86-26-24-47-11-9-12-51(53(47)33-86)64(93)84-70-81-54-13-7-8-15-57(54)107-70/h7-9,11-13,15-23,32,44,49,55-56,62H,10,14,24-31,33-43H2,1-6H3,(H,79,94)(H,80,95)(H,83,90)(H,97,98)(H3,76,77,99)(H,81,84,93)(H,101,102,103)/t49-,55-,56-,62-,72?,73?,74?,75?/m0/s1. The Morgan fingerprint density at radius 1 is 0.843 bits per heavy atom. The van der Waals surface area contributed by atoms with Crippen molar-refractivity contribution in [2.75, 3.05) is 74.3 Å². The third kappa shape index (κ3) is 17.5. The van der Waals surface area contributed by atoms with Crippen LogP contribution in [-0.2, 0) is 79.2 Å². The molecule has 108 heavy (non-hydrogen) atoms. The normalized spacial score (nSPS) is 22.7. The maximum Gasteiger partial charge on any atom is 0.410 e. The molecule has 0 spiro atoms. The minimum absolute atomic E-state index is 0.00307. The second-order valence-corrected chi connectivity index (χ2v) is 33.0. The number of carbonyl (C=O) groups excluding carboxylic acids is 9. The summed E-state index contributed by atoms with van der Waals surface area (Å²) in [6, 6.07) is 18.0. The topological polar surface area (TPSA) is 416 Å². The fraction of sp³-hybridized carbons (Fsp3) is 0.480.